The van der Waals surface area contributed by atoms with Crippen LogP contribution < -0.4 is 4.74 Å². The molecule has 3 nitrogen and oxygen atoms in total. The maximum atomic E-state index is 6.26. The minimum Gasteiger partial charge on any atom is -0.457 e. The number of nitrogens with zero attached hydrogens (tertiary/aromatic N) is 2. The zero-order chi connectivity index (χ0) is 29.7. The summed E-state index contributed by atoms with van der Waals surface area (Å²) in [4.78, 5) is 9.93. The molecule has 1 aliphatic rings. The molecule has 0 spiro atoms. The summed E-state index contributed by atoms with van der Waals surface area (Å²) in [5.41, 5.74) is 10.9. The van der Waals surface area contributed by atoms with Gasteiger partial charge in [0.1, 0.15) is 11.5 Å². The van der Waals surface area contributed by atoms with Gasteiger partial charge in [-0.3, -0.25) is 0 Å². The largest absolute Gasteiger partial charge is 0.457 e. The normalized spacial score (nSPS) is 13.1. The van der Waals surface area contributed by atoms with Crippen molar-refractivity contribution in [2.24, 2.45) is 0 Å². The van der Waals surface area contributed by atoms with Crippen LogP contribution in [0.4, 0.5) is 0 Å². The van der Waals surface area contributed by atoms with E-state index < -0.39 is 0 Å². The molecule has 7 aromatic rings. The number of hydrogen-bond acceptors (Lipinski definition) is 3. The second-order valence-corrected chi connectivity index (χ2v) is 11.9. The van der Waals surface area contributed by atoms with E-state index in [-0.39, 0.29) is 5.41 Å². The Morgan fingerprint density at radius 1 is 0.455 bits per heavy atom. The highest BCUT2D eigenvalue weighted by molar-refractivity contribution is 5.93. The van der Waals surface area contributed by atoms with Crippen LogP contribution in [-0.2, 0) is 5.41 Å². The Bertz CT molecular complexity index is 2150. The van der Waals surface area contributed by atoms with Crippen molar-refractivity contribution < 1.29 is 4.74 Å². The van der Waals surface area contributed by atoms with Crippen molar-refractivity contribution in [3.8, 4) is 56.4 Å². The minimum atomic E-state index is -0.140. The summed E-state index contributed by atoms with van der Waals surface area (Å²) in [7, 11) is 0. The minimum absolute atomic E-state index is 0.140. The van der Waals surface area contributed by atoms with Gasteiger partial charge in [0.15, 0.2) is 5.82 Å². The highest BCUT2D eigenvalue weighted by Crippen LogP contribution is 2.48. The van der Waals surface area contributed by atoms with Crippen LogP contribution in [-0.4, -0.2) is 9.97 Å². The Hall–Kier alpha value is -5.54. The van der Waals surface area contributed by atoms with Crippen LogP contribution in [0.5, 0.6) is 11.5 Å². The molecule has 0 N–H and O–H groups in total. The second-order valence-electron chi connectivity index (χ2n) is 11.9. The third kappa shape index (κ3) is 4.45. The molecule has 6 aromatic carbocycles. The van der Waals surface area contributed by atoms with Crippen molar-refractivity contribution in [3.63, 3.8) is 0 Å². The Morgan fingerprint density at radius 3 is 1.77 bits per heavy atom. The predicted octanol–water partition coefficient (Wildman–Crippen LogP) is 10.7. The van der Waals surface area contributed by atoms with Crippen LogP contribution in [0.3, 0.4) is 0 Å². The fourth-order valence-electron chi connectivity index (χ4n) is 6.31. The molecule has 0 bridgehead atoms. The van der Waals surface area contributed by atoms with Crippen LogP contribution in [0, 0.1) is 0 Å². The van der Waals surface area contributed by atoms with Gasteiger partial charge >= 0.3 is 0 Å². The Morgan fingerprint density at radius 2 is 1.02 bits per heavy atom. The van der Waals surface area contributed by atoms with Gasteiger partial charge in [-0.25, -0.2) is 9.97 Å². The van der Waals surface area contributed by atoms with Crippen LogP contribution in [0.15, 0.2) is 146 Å². The summed E-state index contributed by atoms with van der Waals surface area (Å²) in [5, 5.41) is 1.05. The summed E-state index contributed by atoms with van der Waals surface area (Å²) in [6.45, 7) is 4.55. The fourth-order valence-corrected chi connectivity index (χ4v) is 6.31. The molecule has 210 valence electrons. The lowest BCUT2D eigenvalue weighted by Crippen LogP contribution is -2.24. The number of rotatable bonds is 4. The molecule has 44 heavy (non-hydrogen) atoms. The summed E-state index contributed by atoms with van der Waals surface area (Å²) in [6, 6.07) is 50.7. The third-order valence-corrected chi connectivity index (χ3v) is 8.78. The number of para-hydroxylation sites is 2. The predicted molar refractivity (Wildman–Crippen MR) is 180 cm³/mol. The summed E-state index contributed by atoms with van der Waals surface area (Å²) >= 11 is 0. The van der Waals surface area contributed by atoms with Crippen LogP contribution in [0.25, 0.3) is 55.8 Å². The van der Waals surface area contributed by atoms with Gasteiger partial charge < -0.3 is 4.74 Å². The molecule has 8 rings (SSSR count). The van der Waals surface area contributed by atoms with Gasteiger partial charge in [0.2, 0.25) is 0 Å². The van der Waals surface area contributed by atoms with Gasteiger partial charge in [0.05, 0.1) is 11.2 Å². The van der Waals surface area contributed by atoms with E-state index in [4.69, 9.17) is 14.7 Å². The van der Waals surface area contributed by atoms with Gasteiger partial charge in [0, 0.05) is 33.1 Å². The molecule has 0 radical (unpaired) electrons. The summed E-state index contributed by atoms with van der Waals surface area (Å²) in [6.07, 6.45) is 0. The van der Waals surface area contributed by atoms with Crippen molar-refractivity contribution in [1.29, 1.82) is 0 Å². The highest BCUT2D eigenvalue weighted by Gasteiger charge is 2.34. The van der Waals surface area contributed by atoms with Crippen molar-refractivity contribution in [3.05, 3.63) is 157 Å². The molecule has 0 aliphatic carbocycles. The molecule has 0 unspecified atom stereocenters. The van der Waals surface area contributed by atoms with E-state index in [1.807, 2.05) is 36.4 Å². The Kier molecular flexibility index (Phi) is 6.13. The molecule has 0 fully saturated rings. The van der Waals surface area contributed by atoms with Crippen molar-refractivity contribution in [1.82, 2.24) is 9.97 Å². The molecule has 0 saturated heterocycles. The van der Waals surface area contributed by atoms with Gasteiger partial charge in [0.25, 0.3) is 0 Å². The van der Waals surface area contributed by atoms with Gasteiger partial charge in [-0.2, -0.15) is 0 Å². The molecule has 0 atom stereocenters. The van der Waals surface area contributed by atoms with Crippen molar-refractivity contribution >= 4 is 10.9 Å². The monoisotopic (exact) mass is 566 g/mol. The van der Waals surface area contributed by atoms with E-state index in [0.29, 0.717) is 0 Å². The maximum Gasteiger partial charge on any atom is 0.160 e. The van der Waals surface area contributed by atoms with Crippen molar-refractivity contribution in [2.75, 3.05) is 0 Å². The zero-order valence-corrected chi connectivity index (χ0v) is 24.7. The topological polar surface area (TPSA) is 35.0 Å². The van der Waals surface area contributed by atoms with Crippen LogP contribution in [0.1, 0.15) is 25.0 Å². The maximum absolute atomic E-state index is 6.26. The molecular weight excluding hydrogens is 536 g/mol. The van der Waals surface area contributed by atoms with Gasteiger partial charge in [-0.05, 0) is 46.5 Å². The van der Waals surface area contributed by atoms with E-state index in [0.717, 1.165) is 50.6 Å². The Labute approximate surface area is 257 Å². The fraction of sp³-hybridized carbons (Fsp3) is 0.0732. The zero-order valence-electron chi connectivity index (χ0n) is 24.7. The first-order valence-electron chi connectivity index (χ1n) is 15.0. The lowest BCUT2D eigenvalue weighted by molar-refractivity contribution is 0.418. The van der Waals surface area contributed by atoms with E-state index in [2.05, 4.69) is 123 Å². The first kappa shape index (κ1) is 26.1. The SMILES string of the molecule is CC1(C)c2ccccc2Oc2ccc(-c3ccc(-c4ccc(-c5nc(-c6ccccc6)c6ccccc6n5)cc4)cc3)cc21. The molecule has 1 aliphatic heterocycles. The average molecular weight is 567 g/mol. The van der Waals surface area contributed by atoms with Crippen LogP contribution in [0.2, 0.25) is 0 Å². The highest BCUT2D eigenvalue weighted by atomic mass is 16.5. The number of fused-ring (bicyclic) bond motifs is 3. The Balaban J connectivity index is 1.08. The number of ether oxygens (including phenoxy) is 1. The third-order valence-electron chi connectivity index (χ3n) is 8.78. The molecular formula is C41H30N2O. The van der Waals surface area contributed by atoms with Gasteiger partial charge in [-0.15, -0.1) is 0 Å². The molecule has 3 heteroatoms. The lowest BCUT2D eigenvalue weighted by Gasteiger charge is -2.34. The van der Waals surface area contributed by atoms with Crippen molar-refractivity contribution in [2.45, 2.75) is 19.3 Å². The summed E-state index contributed by atoms with van der Waals surface area (Å²) < 4.78 is 6.26. The number of aromatic nitrogens is 2. The van der Waals surface area contributed by atoms with Gasteiger partial charge in [-0.1, -0.05) is 135 Å². The smallest absolute Gasteiger partial charge is 0.160 e. The molecule has 1 aromatic heterocycles. The lowest BCUT2D eigenvalue weighted by atomic mass is 9.75. The van der Waals surface area contributed by atoms with E-state index in [1.54, 1.807) is 0 Å². The van der Waals surface area contributed by atoms with E-state index in [1.165, 1.54) is 27.8 Å². The summed E-state index contributed by atoms with van der Waals surface area (Å²) in [5.74, 6) is 2.60. The first-order valence-corrected chi connectivity index (χ1v) is 15.0. The van der Waals surface area contributed by atoms with E-state index >= 15 is 0 Å². The van der Waals surface area contributed by atoms with E-state index in [9.17, 15) is 0 Å². The number of hydrogen-bond donors (Lipinski definition) is 0. The average Bonchev–Trinajstić information content (AvgIpc) is 3.08. The second kappa shape index (κ2) is 10.3. The standard InChI is InChI=1S/C41H30N2O/c1-41(2)34-13-7-9-15-37(34)44-38-25-24-32(26-35(38)41)29-18-16-27(17-19-29)28-20-22-31(23-21-28)40-42-36-14-8-6-12-33(36)39(43-40)30-10-4-3-5-11-30/h3-26H,1-2H3. The molecule has 2 heterocycles. The first-order chi connectivity index (χ1) is 21.5. The molecule has 0 amide bonds. The molecule has 0 saturated carbocycles. The number of benzene rings is 6. The van der Waals surface area contributed by atoms with Crippen LogP contribution >= 0.6 is 0 Å². The quantitative estimate of drug-likeness (QED) is 0.213.